The number of ketones is 1. The van der Waals surface area contributed by atoms with Crippen LogP contribution in [0.3, 0.4) is 0 Å². The predicted octanol–water partition coefficient (Wildman–Crippen LogP) is 2.37. The molecular weight excluding hydrogens is 188 g/mol. The van der Waals surface area contributed by atoms with E-state index >= 15 is 0 Å². The van der Waals surface area contributed by atoms with Crippen LogP contribution < -0.4 is 0 Å². The van der Waals surface area contributed by atoms with Crippen LogP contribution >= 0.6 is 0 Å². The van der Waals surface area contributed by atoms with Gasteiger partial charge in [-0.2, -0.15) is 5.26 Å². The van der Waals surface area contributed by atoms with Crippen molar-refractivity contribution in [3.63, 3.8) is 0 Å². The maximum atomic E-state index is 13.0. The Morgan fingerprint density at radius 1 is 1.43 bits per heavy atom. The van der Waals surface area contributed by atoms with Gasteiger partial charge in [0.2, 0.25) is 0 Å². The molecule has 0 saturated heterocycles. The number of nitrogens with zero attached hydrogens (tertiary/aromatic N) is 1. The zero-order chi connectivity index (χ0) is 10.7. The molecule has 0 N–H and O–H groups in total. The van der Waals surface area contributed by atoms with E-state index in [9.17, 15) is 13.6 Å². The highest BCUT2D eigenvalue weighted by molar-refractivity contribution is 5.97. The van der Waals surface area contributed by atoms with E-state index in [-0.39, 0.29) is 11.1 Å². The molecule has 0 heterocycles. The Kier molecular flexibility index (Phi) is 2.92. The highest BCUT2D eigenvalue weighted by Gasteiger charge is 2.13. The minimum Gasteiger partial charge on any atom is -0.293 e. The minimum atomic E-state index is -0.923. The molecule has 0 aliphatic heterocycles. The van der Waals surface area contributed by atoms with Crippen molar-refractivity contribution in [2.45, 2.75) is 13.3 Å². The van der Waals surface area contributed by atoms with Crippen LogP contribution in [0.25, 0.3) is 0 Å². The lowest BCUT2D eigenvalue weighted by atomic mass is 10.1. The van der Waals surface area contributed by atoms with Gasteiger partial charge in [0, 0.05) is 6.07 Å². The fourth-order valence-corrected chi connectivity index (χ4v) is 1.04. The lowest BCUT2D eigenvalue weighted by Crippen LogP contribution is -2.03. The largest absolute Gasteiger partial charge is 0.293 e. The summed E-state index contributed by atoms with van der Waals surface area (Å²) in [6, 6.07) is 3.39. The summed E-state index contributed by atoms with van der Waals surface area (Å²) in [5, 5.41) is 8.25. The zero-order valence-electron chi connectivity index (χ0n) is 7.47. The van der Waals surface area contributed by atoms with E-state index in [1.165, 1.54) is 6.92 Å². The standard InChI is InChI=1S/C10H7F2NO/c1-6-4-7(10(14)2-3-13)9(12)5-8(6)11/h4-5H,2H2,1H3. The normalized spacial score (nSPS) is 9.57. The number of benzene rings is 1. The van der Waals surface area contributed by atoms with Gasteiger partial charge in [-0.1, -0.05) is 0 Å². The zero-order valence-corrected chi connectivity index (χ0v) is 7.47. The molecule has 72 valence electrons. The summed E-state index contributed by atoms with van der Waals surface area (Å²) in [5.74, 6) is -2.25. The summed E-state index contributed by atoms with van der Waals surface area (Å²) in [5.41, 5.74) is -0.0434. The number of rotatable bonds is 2. The summed E-state index contributed by atoms with van der Waals surface area (Å²) < 4.78 is 25.8. The Bertz CT molecular complexity index is 421. The summed E-state index contributed by atoms with van der Waals surface area (Å²) >= 11 is 0. The number of aryl methyl sites for hydroxylation is 1. The van der Waals surface area contributed by atoms with Gasteiger partial charge in [0.05, 0.1) is 18.1 Å². The molecule has 1 rings (SSSR count). The second-order valence-electron chi connectivity index (χ2n) is 2.84. The lowest BCUT2D eigenvalue weighted by Gasteiger charge is -2.02. The average Bonchev–Trinajstić information content (AvgIpc) is 2.11. The van der Waals surface area contributed by atoms with Gasteiger partial charge in [0.15, 0.2) is 5.78 Å². The van der Waals surface area contributed by atoms with Crippen molar-refractivity contribution in [1.82, 2.24) is 0 Å². The minimum absolute atomic E-state index is 0.188. The smallest absolute Gasteiger partial charge is 0.179 e. The first-order valence-corrected chi connectivity index (χ1v) is 3.92. The summed E-state index contributed by atoms with van der Waals surface area (Å²) in [4.78, 5) is 11.1. The first kappa shape index (κ1) is 10.3. The second kappa shape index (κ2) is 3.97. The lowest BCUT2D eigenvalue weighted by molar-refractivity contribution is 0.0993. The molecule has 0 radical (unpaired) electrons. The fourth-order valence-electron chi connectivity index (χ4n) is 1.04. The van der Waals surface area contributed by atoms with E-state index in [4.69, 9.17) is 5.26 Å². The van der Waals surface area contributed by atoms with Crippen molar-refractivity contribution in [2.75, 3.05) is 0 Å². The molecule has 0 atom stereocenters. The first-order chi connectivity index (χ1) is 6.56. The van der Waals surface area contributed by atoms with Crippen LogP contribution in [-0.4, -0.2) is 5.78 Å². The van der Waals surface area contributed by atoms with Crippen molar-refractivity contribution < 1.29 is 13.6 Å². The van der Waals surface area contributed by atoms with Crippen molar-refractivity contribution in [3.05, 3.63) is 34.9 Å². The fraction of sp³-hybridized carbons (Fsp3) is 0.200. The number of carbonyl (C=O) groups excluding carboxylic acids is 1. The van der Waals surface area contributed by atoms with Gasteiger partial charge in [-0.15, -0.1) is 0 Å². The van der Waals surface area contributed by atoms with E-state index in [0.29, 0.717) is 6.07 Å². The van der Waals surface area contributed by atoms with Gasteiger partial charge in [-0.25, -0.2) is 8.78 Å². The number of halogens is 2. The SMILES string of the molecule is Cc1cc(C(=O)CC#N)c(F)cc1F. The third kappa shape index (κ3) is 1.94. The van der Waals surface area contributed by atoms with Crippen molar-refractivity contribution in [1.29, 1.82) is 5.26 Å². The van der Waals surface area contributed by atoms with Crippen LogP contribution in [0.5, 0.6) is 0 Å². The molecule has 1 aromatic carbocycles. The molecule has 1 aromatic rings. The topological polar surface area (TPSA) is 40.9 Å². The number of Topliss-reactive ketones (excluding diaryl/α,β-unsaturated/α-hetero) is 1. The monoisotopic (exact) mass is 195 g/mol. The Hall–Kier alpha value is -1.76. The molecule has 0 amide bonds. The van der Waals surface area contributed by atoms with Gasteiger partial charge in [0.1, 0.15) is 11.6 Å². The summed E-state index contributed by atoms with van der Waals surface area (Å²) in [6.45, 7) is 1.43. The Morgan fingerprint density at radius 3 is 2.64 bits per heavy atom. The third-order valence-electron chi connectivity index (χ3n) is 1.79. The molecule has 0 saturated carbocycles. The summed E-state index contributed by atoms with van der Waals surface area (Å²) in [7, 11) is 0. The molecule has 14 heavy (non-hydrogen) atoms. The Balaban J connectivity index is 3.17. The van der Waals surface area contributed by atoms with E-state index in [1.54, 1.807) is 6.07 Å². The molecule has 0 spiro atoms. The highest BCUT2D eigenvalue weighted by Crippen LogP contribution is 2.15. The quantitative estimate of drug-likeness (QED) is 0.679. The third-order valence-corrected chi connectivity index (χ3v) is 1.79. The highest BCUT2D eigenvalue weighted by atomic mass is 19.1. The maximum absolute atomic E-state index is 13.0. The van der Waals surface area contributed by atoms with E-state index < -0.39 is 23.8 Å². The Labute approximate surface area is 79.8 Å². The molecular formula is C10H7F2NO. The van der Waals surface area contributed by atoms with Gasteiger partial charge in [-0.3, -0.25) is 4.79 Å². The second-order valence-corrected chi connectivity index (χ2v) is 2.84. The van der Waals surface area contributed by atoms with Gasteiger partial charge < -0.3 is 0 Å². The number of hydrogen-bond acceptors (Lipinski definition) is 2. The van der Waals surface area contributed by atoms with Crippen molar-refractivity contribution >= 4 is 5.78 Å². The predicted molar refractivity (Wildman–Crippen MR) is 45.7 cm³/mol. The van der Waals surface area contributed by atoms with Gasteiger partial charge in [-0.05, 0) is 18.6 Å². The molecule has 0 aromatic heterocycles. The van der Waals surface area contributed by atoms with Gasteiger partial charge in [0.25, 0.3) is 0 Å². The number of nitriles is 1. The van der Waals surface area contributed by atoms with Crippen LogP contribution in [0.4, 0.5) is 8.78 Å². The average molecular weight is 195 g/mol. The van der Waals surface area contributed by atoms with Crippen LogP contribution in [-0.2, 0) is 0 Å². The summed E-state index contributed by atoms with van der Waals surface area (Å²) in [6.07, 6.45) is -0.401. The van der Waals surface area contributed by atoms with Crippen LogP contribution in [0.2, 0.25) is 0 Å². The number of carbonyl (C=O) groups is 1. The van der Waals surface area contributed by atoms with E-state index in [1.807, 2.05) is 0 Å². The van der Waals surface area contributed by atoms with E-state index in [0.717, 1.165) is 6.07 Å². The van der Waals surface area contributed by atoms with Crippen LogP contribution in [0.1, 0.15) is 22.3 Å². The first-order valence-electron chi connectivity index (χ1n) is 3.92. The van der Waals surface area contributed by atoms with Crippen molar-refractivity contribution in [2.24, 2.45) is 0 Å². The Morgan fingerprint density at radius 2 is 2.07 bits per heavy atom. The van der Waals surface area contributed by atoms with Crippen LogP contribution in [0.15, 0.2) is 12.1 Å². The molecule has 0 unspecified atom stereocenters. The molecule has 0 aliphatic carbocycles. The molecule has 4 heteroatoms. The number of hydrogen-bond donors (Lipinski definition) is 0. The molecule has 0 fully saturated rings. The molecule has 0 bridgehead atoms. The van der Waals surface area contributed by atoms with E-state index in [2.05, 4.69) is 0 Å². The van der Waals surface area contributed by atoms with Crippen molar-refractivity contribution in [3.8, 4) is 6.07 Å². The van der Waals surface area contributed by atoms with Crippen LogP contribution in [0, 0.1) is 29.9 Å². The van der Waals surface area contributed by atoms with Gasteiger partial charge >= 0.3 is 0 Å². The maximum Gasteiger partial charge on any atom is 0.179 e. The molecule has 0 aliphatic rings. The molecule has 2 nitrogen and oxygen atoms in total.